The van der Waals surface area contributed by atoms with Gasteiger partial charge in [0.05, 0.1) is 27.9 Å². The third-order valence-electron chi connectivity index (χ3n) is 4.75. The van der Waals surface area contributed by atoms with Gasteiger partial charge in [-0.15, -0.1) is 0 Å². The average molecular weight is 401 g/mol. The minimum absolute atomic E-state index is 0.142. The number of hydrogen-bond acceptors (Lipinski definition) is 6. The minimum atomic E-state index is -0.263. The summed E-state index contributed by atoms with van der Waals surface area (Å²) < 4.78 is 27.6. The van der Waals surface area contributed by atoms with E-state index in [-0.39, 0.29) is 12.0 Å². The average Bonchev–Trinajstić information content (AvgIpc) is 3.09. The van der Waals surface area contributed by atoms with Crippen molar-refractivity contribution in [3.63, 3.8) is 0 Å². The van der Waals surface area contributed by atoms with E-state index < -0.39 is 0 Å². The van der Waals surface area contributed by atoms with Crippen LogP contribution in [0.2, 0.25) is 0 Å². The zero-order valence-corrected chi connectivity index (χ0v) is 17.5. The summed E-state index contributed by atoms with van der Waals surface area (Å²) in [5, 5.41) is 2.93. The molecule has 1 heterocycles. The van der Waals surface area contributed by atoms with Gasteiger partial charge in [0.25, 0.3) is 5.91 Å². The highest BCUT2D eigenvalue weighted by atomic mass is 16.5. The van der Waals surface area contributed by atoms with E-state index in [1.165, 1.54) is 21.3 Å². The standard InChI is InChI=1S/C22H27NO6/c1-6-28-17-8-14-7-13(2)29-18(14)11-16(17)12-23-22(24)15-9-19(25-3)21(27-5)20(10-15)26-4/h8-11,13H,6-7,12H2,1-5H3,(H,23,24). The molecule has 0 saturated carbocycles. The SMILES string of the molecule is CCOc1cc2c(cc1CNC(=O)c1cc(OC)c(OC)c(OC)c1)OC(C)C2. The Bertz CT molecular complexity index is 870. The number of methoxy groups -OCH3 is 3. The second kappa shape index (κ2) is 8.94. The van der Waals surface area contributed by atoms with Gasteiger partial charge in [-0.2, -0.15) is 0 Å². The summed E-state index contributed by atoms with van der Waals surface area (Å²) in [4.78, 5) is 12.8. The van der Waals surface area contributed by atoms with Gasteiger partial charge in [0.15, 0.2) is 11.5 Å². The number of carbonyl (C=O) groups excluding carboxylic acids is 1. The summed E-state index contributed by atoms with van der Waals surface area (Å²) in [6, 6.07) is 7.18. The first kappa shape index (κ1) is 20.6. The number of ether oxygens (including phenoxy) is 5. The van der Waals surface area contributed by atoms with Crippen LogP contribution in [0.4, 0.5) is 0 Å². The highest BCUT2D eigenvalue weighted by Gasteiger charge is 2.22. The molecule has 7 heteroatoms. The van der Waals surface area contributed by atoms with Crippen molar-refractivity contribution in [1.82, 2.24) is 5.32 Å². The lowest BCUT2D eigenvalue weighted by molar-refractivity contribution is 0.0949. The molecule has 0 fully saturated rings. The molecule has 0 radical (unpaired) electrons. The summed E-state index contributed by atoms with van der Waals surface area (Å²) in [6.45, 7) is 4.82. The van der Waals surface area contributed by atoms with E-state index in [4.69, 9.17) is 23.7 Å². The highest BCUT2D eigenvalue weighted by molar-refractivity contribution is 5.95. The predicted octanol–water partition coefficient (Wildman–Crippen LogP) is 3.36. The van der Waals surface area contributed by atoms with E-state index in [2.05, 4.69) is 5.32 Å². The Morgan fingerprint density at radius 2 is 1.76 bits per heavy atom. The first-order chi connectivity index (χ1) is 14.0. The maximum atomic E-state index is 12.8. The Morgan fingerprint density at radius 3 is 2.34 bits per heavy atom. The number of nitrogens with one attached hydrogen (secondary N) is 1. The molecule has 3 rings (SSSR count). The Kier molecular flexibility index (Phi) is 6.36. The number of rotatable bonds is 8. The molecule has 0 saturated heterocycles. The van der Waals surface area contributed by atoms with Gasteiger partial charge in [-0.05, 0) is 38.1 Å². The summed E-state index contributed by atoms with van der Waals surface area (Å²) in [5.41, 5.74) is 2.39. The van der Waals surface area contributed by atoms with Crippen LogP contribution in [0.15, 0.2) is 24.3 Å². The van der Waals surface area contributed by atoms with Crippen molar-refractivity contribution in [3.8, 4) is 28.7 Å². The van der Waals surface area contributed by atoms with Crippen LogP contribution in [-0.4, -0.2) is 39.9 Å². The van der Waals surface area contributed by atoms with E-state index >= 15 is 0 Å². The van der Waals surface area contributed by atoms with Crippen molar-refractivity contribution >= 4 is 5.91 Å². The van der Waals surface area contributed by atoms with Gasteiger partial charge < -0.3 is 29.0 Å². The van der Waals surface area contributed by atoms with E-state index in [0.717, 1.165) is 29.0 Å². The number of benzene rings is 2. The molecule has 2 aromatic carbocycles. The molecule has 1 atom stereocenters. The minimum Gasteiger partial charge on any atom is -0.494 e. The fourth-order valence-corrected chi connectivity index (χ4v) is 3.40. The van der Waals surface area contributed by atoms with Crippen molar-refractivity contribution in [3.05, 3.63) is 41.0 Å². The lowest BCUT2D eigenvalue weighted by Crippen LogP contribution is -2.23. The summed E-state index contributed by atoms with van der Waals surface area (Å²) in [6.07, 6.45) is 0.997. The Hall–Kier alpha value is -3.09. The lowest BCUT2D eigenvalue weighted by Gasteiger charge is -2.15. The number of hydrogen-bond donors (Lipinski definition) is 1. The molecule has 0 bridgehead atoms. The highest BCUT2D eigenvalue weighted by Crippen LogP contribution is 2.38. The van der Waals surface area contributed by atoms with Gasteiger partial charge in [0, 0.05) is 29.7 Å². The summed E-state index contributed by atoms with van der Waals surface area (Å²) in [7, 11) is 4.55. The van der Waals surface area contributed by atoms with E-state index in [9.17, 15) is 4.79 Å². The molecule has 29 heavy (non-hydrogen) atoms. The molecule has 1 aliphatic heterocycles. The monoisotopic (exact) mass is 401 g/mol. The van der Waals surface area contributed by atoms with Crippen molar-refractivity contribution in [1.29, 1.82) is 0 Å². The van der Waals surface area contributed by atoms with Crippen LogP contribution in [0.1, 0.15) is 35.3 Å². The fourth-order valence-electron chi connectivity index (χ4n) is 3.40. The maximum absolute atomic E-state index is 12.8. The maximum Gasteiger partial charge on any atom is 0.251 e. The Morgan fingerprint density at radius 1 is 1.07 bits per heavy atom. The van der Waals surface area contributed by atoms with E-state index in [1.54, 1.807) is 12.1 Å². The van der Waals surface area contributed by atoms with Gasteiger partial charge in [-0.25, -0.2) is 0 Å². The number of fused-ring (bicyclic) bond motifs is 1. The van der Waals surface area contributed by atoms with Crippen molar-refractivity contribution < 1.29 is 28.5 Å². The molecule has 1 N–H and O–H groups in total. The largest absolute Gasteiger partial charge is 0.494 e. The molecule has 0 aromatic heterocycles. The third kappa shape index (κ3) is 4.34. The van der Waals surface area contributed by atoms with Gasteiger partial charge in [-0.1, -0.05) is 0 Å². The molecule has 2 aromatic rings. The molecule has 1 unspecified atom stereocenters. The van der Waals surface area contributed by atoms with Crippen LogP contribution in [0.25, 0.3) is 0 Å². The predicted molar refractivity (Wildman–Crippen MR) is 109 cm³/mol. The number of carbonyl (C=O) groups is 1. The van der Waals surface area contributed by atoms with Crippen LogP contribution in [0.5, 0.6) is 28.7 Å². The second-order valence-corrected chi connectivity index (χ2v) is 6.73. The molecular formula is C22H27NO6. The van der Waals surface area contributed by atoms with Gasteiger partial charge in [-0.3, -0.25) is 4.79 Å². The van der Waals surface area contributed by atoms with Crippen LogP contribution in [-0.2, 0) is 13.0 Å². The zero-order valence-electron chi connectivity index (χ0n) is 17.5. The van der Waals surface area contributed by atoms with Crippen LogP contribution in [0.3, 0.4) is 0 Å². The first-order valence-corrected chi connectivity index (χ1v) is 9.54. The topological polar surface area (TPSA) is 75.3 Å². The third-order valence-corrected chi connectivity index (χ3v) is 4.75. The molecule has 0 aliphatic carbocycles. The Labute approximate surface area is 170 Å². The van der Waals surface area contributed by atoms with E-state index in [0.29, 0.717) is 36.0 Å². The molecule has 1 amide bonds. The second-order valence-electron chi connectivity index (χ2n) is 6.73. The lowest BCUT2D eigenvalue weighted by atomic mass is 10.1. The molecule has 7 nitrogen and oxygen atoms in total. The molecular weight excluding hydrogens is 374 g/mol. The quantitative estimate of drug-likeness (QED) is 0.731. The van der Waals surface area contributed by atoms with Gasteiger partial charge in [0.1, 0.15) is 17.6 Å². The summed E-state index contributed by atoms with van der Waals surface area (Å²) in [5.74, 6) is 2.63. The Balaban J connectivity index is 1.81. The van der Waals surface area contributed by atoms with Crippen LogP contribution in [0, 0.1) is 0 Å². The summed E-state index contributed by atoms with van der Waals surface area (Å²) >= 11 is 0. The van der Waals surface area contributed by atoms with Gasteiger partial charge >= 0.3 is 0 Å². The van der Waals surface area contributed by atoms with Crippen LogP contribution < -0.4 is 29.0 Å². The van der Waals surface area contributed by atoms with Gasteiger partial charge in [0.2, 0.25) is 5.75 Å². The van der Waals surface area contributed by atoms with Crippen molar-refractivity contribution in [2.45, 2.75) is 32.9 Å². The molecule has 1 aliphatic rings. The zero-order chi connectivity index (χ0) is 21.0. The van der Waals surface area contributed by atoms with E-state index in [1.807, 2.05) is 26.0 Å². The molecule has 156 valence electrons. The molecule has 0 spiro atoms. The normalized spacial score (nSPS) is 14.6. The first-order valence-electron chi connectivity index (χ1n) is 9.54. The van der Waals surface area contributed by atoms with Crippen molar-refractivity contribution in [2.24, 2.45) is 0 Å². The van der Waals surface area contributed by atoms with Crippen molar-refractivity contribution in [2.75, 3.05) is 27.9 Å². The van der Waals surface area contributed by atoms with Crippen LogP contribution >= 0.6 is 0 Å². The smallest absolute Gasteiger partial charge is 0.251 e. The number of amides is 1. The fraction of sp³-hybridized carbons (Fsp3) is 0.409.